The normalized spacial score (nSPS) is 9.92. The molecule has 0 saturated heterocycles. The molecule has 0 radical (unpaired) electrons. The van der Waals surface area contributed by atoms with Crippen molar-refractivity contribution in [2.75, 3.05) is 5.32 Å². The Labute approximate surface area is 146 Å². The molecule has 4 nitrogen and oxygen atoms in total. The highest BCUT2D eigenvalue weighted by atomic mass is 16.5. The lowest BCUT2D eigenvalue weighted by atomic mass is 10.2. The molecule has 0 saturated carbocycles. The fourth-order valence-electron chi connectivity index (χ4n) is 2.27. The van der Waals surface area contributed by atoms with Crippen LogP contribution in [-0.4, -0.2) is 5.91 Å². The molecule has 0 bridgehead atoms. The molecule has 1 N–H and O–H groups in total. The van der Waals surface area contributed by atoms with Crippen LogP contribution >= 0.6 is 0 Å². The molecule has 0 aliphatic carbocycles. The van der Waals surface area contributed by atoms with Crippen LogP contribution in [0.1, 0.15) is 21.5 Å². The average molecular weight is 328 g/mol. The number of nitrogens with one attached hydrogen (secondary N) is 1. The zero-order chi connectivity index (χ0) is 17.6. The van der Waals surface area contributed by atoms with Crippen molar-refractivity contribution >= 4 is 11.6 Å². The third-order valence-electron chi connectivity index (χ3n) is 3.62. The third-order valence-corrected chi connectivity index (χ3v) is 3.62. The summed E-state index contributed by atoms with van der Waals surface area (Å²) < 4.78 is 5.75. The Hall–Kier alpha value is -3.58. The monoisotopic (exact) mass is 328 g/mol. The van der Waals surface area contributed by atoms with Crippen molar-refractivity contribution in [1.29, 1.82) is 5.26 Å². The summed E-state index contributed by atoms with van der Waals surface area (Å²) in [6.45, 7) is 2.00. The molecule has 3 aromatic rings. The lowest BCUT2D eigenvalue weighted by Gasteiger charge is -2.09. The summed E-state index contributed by atoms with van der Waals surface area (Å²) >= 11 is 0. The maximum absolute atomic E-state index is 12.4. The molecule has 0 heterocycles. The highest BCUT2D eigenvalue weighted by Gasteiger charge is 2.08. The smallest absolute Gasteiger partial charge is 0.255 e. The largest absolute Gasteiger partial charge is 0.457 e. The second-order valence-corrected chi connectivity index (χ2v) is 5.59. The van der Waals surface area contributed by atoms with Crippen molar-refractivity contribution in [3.8, 4) is 17.6 Å². The second-order valence-electron chi connectivity index (χ2n) is 5.59. The Kier molecular flexibility index (Phi) is 4.77. The molecular formula is C21H16N2O2. The Morgan fingerprint density at radius 1 is 0.960 bits per heavy atom. The van der Waals surface area contributed by atoms with Gasteiger partial charge in [0.15, 0.2) is 0 Å². The van der Waals surface area contributed by atoms with Gasteiger partial charge < -0.3 is 10.1 Å². The van der Waals surface area contributed by atoms with Crippen molar-refractivity contribution in [2.45, 2.75) is 6.92 Å². The van der Waals surface area contributed by atoms with Gasteiger partial charge in [-0.3, -0.25) is 4.79 Å². The van der Waals surface area contributed by atoms with Gasteiger partial charge in [-0.2, -0.15) is 5.26 Å². The number of benzene rings is 3. The van der Waals surface area contributed by atoms with Crippen LogP contribution in [0.4, 0.5) is 5.69 Å². The summed E-state index contributed by atoms with van der Waals surface area (Å²) in [4.78, 5) is 12.4. The SMILES string of the molecule is Cc1ccc(NC(=O)c2cccc(Oc3ccc(C#N)cc3)c2)cc1. The molecule has 3 aromatic carbocycles. The van der Waals surface area contributed by atoms with Crippen LogP contribution in [0, 0.1) is 18.3 Å². The Morgan fingerprint density at radius 2 is 1.68 bits per heavy atom. The maximum atomic E-state index is 12.4. The highest BCUT2D eigenvalue weighted by Crippen LogP contribution is 2.23. The van der Waals surface area contributed by atoms with E-state index in [1.54, 1.807) is 48.5 Å². The number of anilines is 1. The number of ether oxygens (including phenoxy) is 1. The van der Waals surface area contributed by atoms with Crippen LogP contribution in [-0.2, 0) is 0 Å². The number of nitriles is 1. The van der Waals surface area contributed by atoms with Crippen molar-refractivity contribution in [3.63, 3.8) is 0 Å². The fraction of sp³-hybridized carbons (Fsp3) is 0.0476. The third kappa shape index (κ3) is 4.24. The lowest BCUT2D eigenvalue weighted by molar-refractivity contribution is 0.102. The summed E-state index contributed by atoms with van der Waals surface area (Å²) in [7, 11) is 0. The van der Waals surface area contributed by atoms with Gasteiger partial charge in [0.2, 0.25) is 0 Å². The fourth-order valence-corrected chi connectivity index (χ4v) is 2.27. The summed E-state index contributed by atoms with van der Waals surface area (Å²) in [5.41, 5.74) is 2.95. The summed E-state index contributed by atoms with van der Waals surface area (Å²) in [6, 6.07) is 23.4. The molecule has 25 heavy (non-hydrogen) atoms. The quantitative estimate of drug-likeness (QED) is 0.740. The standard InChI is InChI=1S/C21H16N2O2/c1-15-5-9-18(10-6-15)23-21(24)17-3-2-4-20(13-17)25-19-11-7-16(14-22)8-12-19/h2-13H,1H3,(H,23,24). The van der Waals surface area contributed by atoms with E-state index in [2.05, 4.69) is 11.4 Å². The van der Waals surface area contributed by atoms with Gasteiger partial charge in [0.25, 0.3) is 5.91 Å². The van der Waals surface area contributed by atoms with E-state index < -0.39 is 0 Å². The van der Waals surface area contributed by atoms with Gasteiger partial charge in [0.1, 0.15) is 11.5 Å². The van der Waals surface area contributed by atoms with E-state index in [4.69, 9.17) is 10.00 Å². The number of hydrogen-bond donors (Lipinski definition) is 1. The minimum atomic E-state index is -0.200. The van der Waals surface area contributed by atoms with Crippen molar-refractivity contribution in [2.24, 2.45) is 0 Å². The van der Waals surface area contributed by atoms with Crippen molar-refractivity contribution < 1.29 is 9.53 Å². The zero-order valence-electron chi connectivity index (χ0n) is 13.7. The van der Waals surface area contributed by atoms with Crippen LogP contribution in [0.5, 0.6) is 11.5 Å². The summed E-state index contributed by atoms with van der Waals surface area (Å²) in [5.74, 6) is 0.963. The molecule has 0 atom stereocenters. The van der Waals surface area contributed by atoms with Gasteiger partial charge in [-0.05, 0) is 61.5 Å². The van der Waals surface area contributed by atoms with Crippen molar-refractivity contribution in [1.82, 2.24) is 0 Å². The predicted octanol–water partition coefficient (Wildman–Crippen LogP) is 4.91. The van der Waals surface area contributed by atoms with Gasteiger partial charge in [0, 0.05) is 11.3 Å². The minimum Gasteiger partial charge on any atom is -0.457 e. The van der Waals surface area contributed by atoms with E-state index >= 15 is 0 Å². The Bertz CT molecular complexity index is 923. The van der Waals surface area contributed by atoms with Crippen LogP contribution in [0.25, 0.3) is 0 Å². The summed E-state index contributed by atoms with van der Waals surface area (Å²) in [6.07, 6.45) is 0. The van der Waals surface area contributed by atoms with Crippen molar-refractivity contribution in [3.05, 3.63) is 89.5 Å². The van der Waals surface area contributed by atoms with E-state index in [9.17, 15) is 4.79 Å². The molecule has 0 aliphatic rings. The van der Waals surface area contributed by atoms with E-state index in [-0.39, 0.29) is 5.91 Å². The predicted molar refractivity (Wildman–Crippen MR) is 96.8 cm³/mol. The second kappa shape index (κ2) is 7.33. The topological polar surface area (TPSA) is 62.1 Å². The van der Waals surface area contributed by atoms with Gasteiger partial charge in [-0.1, -0.05) is 23.8 Å². The number of nitrogens with zero attached hydrogens (tertiary/aromatic N) is 1. The number of carbonyl (C=O) groups excluding carboxylic acids is 1. The molecule has 3 rings (SSSR count). The molecule has 0 fully saturated rings. The maximum Gasteiger partial charge on any atom is 0.255 e. The number of amides is 1. The number of aryl methyl sites for hydroxylation is 1. The number of carbonyl (C=O) groups is 1. The van der Waals surface area contributed by atoms with Gasteiger partial charge in [-0.25, -0.2) is 0 Å². The Balaban J connectivity index is 1.72. The van der Waals surface area contributed by atoms with Crippen LogP contribution in [0.2, 0.25) is 0 Å². The molecule has 0 spiro atoms. The molecule has 0 aliphatic heterocycles. The first-order valence-electron chi connectivity index (χ1n) is 7.80. The zero-order valence-corrected chi connectivity index (χ0v) is 13.7. The summed E-state index contributed by atoms with van der Waals surface area (Å²) in [5, 5.41) is 11.7. The van der Waals surface area contributed by atoms with Crippen LogP contribution in [0.3, 0.4) is 0 Å². The van der Waals surface area contributed by atoms with Gasteiger partial charge >= 0.3 is 0 Å². The number of hydrogen-bond acceptors (Lipinski definition) is 3. The van der Waals surface area contributed by atoms with E-state index in [0.29, 0.717) is 22.6 Å². The first kappa shape index (κ1) is 16.3. The molecule has 0 unspecified atom stereocenters. The van der Waals surface area contributed by atoms with Crippen LogP contribution in [0.15, 0.2) is 72.8 Å². The van der Waals surface area contributed by atoms with E-state index in [0.717, 1.165) is 11.3 Å². The minimum absolute atomic E-state index is 0.200. The Morgan fingerprint density at radius 3 is 2.36 bits per heavy atom. The first-order valence-corrected chi connectivity index (χ1v) is 7.80. The van der Waals surface area contributed by atoms with E-state index in [1.165, 1.54) is 0 Å². The van der Waals surface area contributed by atoms with Crippen LogP contribution < -0.4 is 10.1 Å². The molecule has 0 aromatic heterocycles. The van der Waals surface area contributed by atoms with E-state index in [1.807, 2.05) is 31.2 Å². The lowest BCUT2D eigenvalue weighted by Crippen LogP contribution is -2.11. The highest BCUT2D eigenvalue weighted by molar-refractivity contribution is 6.04. The first-order chi connectivity index (χ1) is 12.1. The van der Waals surface area contributed by atoms with Gasteiger partial charge in [0.05, 0.1) is 11.6 Å². The average Bonchev–Trinajstić information content (AvgIpc) is 2.64. The number of rotatable bonds is 4. The molecule has 1 amide bonds. The molecular weight excluding hydrogens is 312 g/mol. The van der Waals surface area contributed by atoms with Gasteiger partial charge in [-0.15, -0.1) is 0 Å². The molecule has 122 valence electrons. The molecule has 4 heteroatoms.